The van der Waals surface area contributed by atoms with Crippen LogP contribution in [0.2, 0.25) is 0 Å². The molecule has 56 valence electrons. The summed E-state index contributed by atoms with van der Waals surface area (Å²) in [6, 6.07) is -1.88. The van der Waals surface area contributed by atoms with Gasteiger partial charge < -0.3 is 0 Å². The Hall–Kier alpha value is -0.510. The second-order valence-corrected chi connectivity index (χ2v) is 1.94. The van der Waals surface area contributed by atoms with Crippen molar-refractivity contribution in [3.63, 3.8) is 0 Å². The van der Waals surface area contributed by atoms with E-state index in [0.29, 0.717) is 0 Å². The maximum absolute atomic E-state index is 11.7. The fraction of sp³-hybridized carbons (Fsp3) is 0.800. The Morgan fingerprint density at radius 3 is 1.89 bits per heavy atom. The molecule has 0 rings (SSSR count). The van der Waals surface area contributed by atoms with Crippen molar-refractivity contribution in [2.75, 3.05) is 14.1 Å². The summed E-state index contributed by atoms with van der Waals surface area (Å²) < 4.78 is 11.7. The third-order valence-corrected chi connectivity index (χ3v) is 1.10. The van der Waals surface area contributed by atoms with Crippen LogP contribution in [0, 0.1) is 0 Å². The zero-order chi connectivity index (χ0) is 6.73. The van der Waals surface area contributed by atoms with Crippen LogP contribution in [0.5, 0.6) is 0 Å². The number of nitrogens with zero attached hydrogens (tertiary/aromatic N) is 1. The molecule has 0 aliphatic rings. The lowest BCUT2D eigenvalue weighted by Crippen LogP contribution is -2.30. The fourth-order valence-corrected chi connectivity index (χ4v) is 0.203. The van der Waals surface area contributed by atoms with E-state index in [9.17, 15) is 9.18 Å². The predicted octanol–water partition coefficient (Wildman–Crippen LogP) is 0.585. The first-order valence-corrected chi connectivity index (χ1v) is 2.41. The maximum atomic E-state index is 11.7. The first kappa shape index (κ1) is 11.3. The summed E-state index contributed by atoms with van der Waals surface area (Å²) in [6.07, 6.45) is 0. The van der Waals surface area contributed by atoms with Crippen LogP contribution in [0.4, 0.5) is 9.09 Å². The maximum Gasteiger partial charge on any atom is 0.318 e. The lowest BCUT2D eigenvalue weighted by Gasteiger charge is -2.12. The fourth-order valence-electron chi connectivity index (χ4n) is 0.203. The van der Waals surface area contributed by atoms with E-state index < -0.39 is 12.1 Å². The van der Waals surface area contributed by atoms with Crippen LogP contribution in [-0.4, -0.2) is 31.1 Å². The van der Waals surface area contributed by atoms with Gasteiger partial charge in [0.05, 0.1) is 6.04 Å². The van der Waals surface area contributed by atoms with E-state index in [4.69, 9.17) is 0 Å². The third-order valence-electron chi connectivity index (χ3n) is 1.10. The highest BCUT2D eigenvalue weighted by Crippen LogP contribution is 1.92. The van der Waals surface area contributed by atoms with Gasteiger partial charge in [-0.1, -0.05) is 0 Å². The average molecular weight is 139 g/mol. The van der Waals surface area contributed by atoms with Crippen molar-refractivity contribution in [1.82, 2.24) is 4.90 Å². The zero-order valence-electron chi connectivity index (χ0n) is 5.72. The highest BCUT2D eigenvalue weighted by atomic mass is 19.1. The van der Waals surface area contributed by atoms with E-state index in [2.05, 4.69) is 0 Å². The second kappa shape index (κ2) is 4.38. The van der Waals surface area contributed by atoms with Gasteiger partial charge in [-0.25, -0.2) is 0 Å². The van der Waals surface area contributed by atoms with Crippen molar-refractivity contribution in [1.29, 1.82) is 0 Å². The van der Waals surface area contributed by atoms with Crippen molar-refractivity contribution in [2.45, 2.75) is 13.0 Å². The van der Waals surface area contributed by atoms with Crippen LogP contribution in [0.1, 0.15) is 6.92 Å². The molecule has 0 saturated heterocycles. The van der Waals surface area contributed by atoms with E-state index in [-0.39, 0.29) is 4.70 Å². The highest BCUT2D eigenvalue weighted by Gasteiger charge is 2.12. The van der Waals surface area contributed by atoms with E-state index in [1.54, 1.807) is 14.1 Å². The van der Waals surface area contributed by atoms with Crippen LogP contribution < -0.4 is 0 Å². The van der Waals surface area contributed by atoms with E-state index >= 15 is 0 Å². The molecule has 0 fully saturated rings. The highest BCUT2D eigenvalue weighted by molar-refractivity contribution is 5.73. The minimum Gasteiger partial charge on any atom is -0.298 e. The zero-order valence-corrected chi connectivity index (χ0v) is 5.72. The summed E-state index contributed by atoms with van der Waals surface area (Å²) in [5.74, 6) is 0. The second-order valence-electron chi connectivity index (χ2n) is 1.94. The van der Waals surface area contributed by atoms with Gasteiger partial charge in [-0.15, -0.1) is 0 Å². The number of likely N-dealkylation sites (N-methyl/N-ethyl adjacent to an activating group) is 1. The van der Waals surface area contributed by atoms with Gasteiger partial charge in [0.2, 0.25) is 0 Å². The summed E-state index contributed by atoms with van der Waals surface area (Å²) in [7, 11) is 3.31. The Labute approximate surface area is 53.0 Å². The minimum atomic E-state index is -1.28. The molecule has 0 heterocycles. The van der Waals surface area contributed by atoms with Crippen LogP contribution in [-0.2, 0) is 4.79 Å². The Morgan fingerprint density at radius 2 is 1.89 bits per heavy atom. The molecule has 9 heavy (non-hydrogen) atoms. The van der Waals surface area contributed by atoms with Crippen LogP contribution in [0.15, 0.2) is 0 Å². The predicted molar refractivity (Wildman–Crippen MR) is 31.8 cm³/mol. The third kappa shape index (κ3) is 4.02. The molecular weight excluding hydrogens is 128 g/mol. The van der Waals surface area contributed by atoms with Crippen molar-refractivity contribution in [2.24, 2.45) is 0 Å². The van der Waals surface area contributed by atoms with Gasteiger partial charge in [0.1, 0.15) is 0 Å². The summed E-state index contributed by atoms with van der Waals surface area (Å²) in [5.41, 5.74) is 0. The lowest BCUT2D eigenvalue weighted by molar-refractivity contribution is -0.133. The monoisotopic (exact) mass is 139 g/mol. The van der Waals surface area contributed by atoms with Gasteiger partial charge >= 0.3 is 6.04 Å². The smallest absolute Gasteiger partial charge is 0.298 e. The molecule has 0 radical (unpaired) electrons. The molecular formula is C5H11F2NO. The lowest BCUT2D eigenvalue weighted by atomic mass is 10.3. The van der Waals surface area contributed by atoms with E-state index in [1.807, 2.05) is 0 Å². The number of carbonyl (C=O) groups excluding carboxylic acids is 1. The molecule has 1 unspecified atom stereocenters. The van der Waals surface area contributed by atoms with Gasteiger partial charge in [-0.3, -0.25) is 14.4 Å². The number of carbonyl (C=O) groups is 1. The Kier molecular flexibility index (Phi) is 5.50. The van der Waals surface area contributed by atoms with Crippen LogP contribution >= 0.6 is 0 Å². The van der Waals surface area contributed by atoms with E-state index in [0.717, 1.165) is 0 Å². The van der Waals surface area contributed by atoms with E-state index in [1.165, 1.54) is 11.8 Å². The summed E-state index contributed by atoms with van der Waals surface area (Å²) in [5, 5.41) is 0. The molecule has 0 saturated carbocycles. The molecule has 0 spiro atoms. The summed E-state index contributed by atoms with van der Waals surface area (Å²) in [4.78, 5) is 11.4. The summed E-state index contributed by atoms with van der Waals surface area (Å²) in [6.45, 7) is 1.52. The number of rotatable bonds is 2. The Bertz CT molecular complexity index is 95.0. The minimum absolute atomic E-state index is 0. The molecule has 0 N–H and O–H groups in total. The molecule has 0 aliphatic heterocycles. The first-order valence-electron chi connectivity index (χ1n) is 2.41. The van der Waals surface area contributed by atoms with Crippen LogP contribution in [0.25, 0.3) is 0 Å². The molecule has 0 aromatic carbocycles. The number of hydrogen-bond acceptors (Lipinski definition) is 2. The van der Waals surface area contributed by atoms with Crippen molar-refractivity contribution in [3.8, 4) is 0 Å². The van der Waals surface area contributed by atoms with Gasteiger partial charge in [-0.05, 0) is 21.0 Å². The van der Waals surface area contributed by atoms with Gasteiger partial charge in [0, 0.05) is 0 Å². The largest absolute Gasteiger partial charge is 0.318 e. The van der Waals surface area contributed by atoms with Crippen molar-refractivity contribution in [3.05, 3.63) is 0 Å². The number of hydrogen-bond donors (Lipinski definition) is 0. The standard InChI is InChI=1S/C5H10FNO.FH/c1-4(5(6)8)7(2)3;/h4H,1-3H3;1H. The molecule has 0 amide bonds. The molecule has 2 nitrogen and oxygen atoms in total. The van der Waals surface area contributed by atoms with Crippen molar-refractivity contribution >= 4 is 6.04 Å². The molecule has 1 atom stereocenters. The number of halogens is 2. The quantitative estimate of drug-likeness (QED) is 0.522. The molecule has 4 heteroatoms. The van der Waals surface area contributed by atoms with Crippen LogP contribution in [0.3, 0.4) is 0 Å². The first-order chi connectivity index (χ1) is 3.55. The SMILES string of the molecule is CC(C(=O)F)N(C)C.F. The molecule has 0 aromatic rings. The molecule has 0 aliphatic carbocycles. The van der Waals surface area contributed by atoms with Crippen molar-refractivity contribution < 1.29 is 13.9 Å². The van der Waals surface area contributed by atoms with Gasteiger partial charge in [0.15, 0.2) is 0 Å². The topological polar surface area (TPSA) is 20.3 Å². The Balaban J connectivity index is 0. The van der Waals surface area contributed by atoms with Gasteiger partial charge in [0.25, 0.3) is 0 Å². The molecule has 0 bridgehead atoms. The average Bonchev–Trinajstić information content (AvgIpc) is 1.64. The normalized spacial score (nSPS) is 12.6. The Morgan fingerprint density at radius 1 is 1.56 bits per heavy atom. The summed E-state index contributed by atoms with van der Waals surface area (Å²) >= 11 is 0. The van der Waals surface area contributed by atoms with Gasteiger partial charge in [-0.2, -0.15) is 4.39 Å². The molecule has 0 aromatic heterocycles.